The molecule has 0 radical (unpaired) electrons. The Morgan fingerprint density at radius 3 is 2.65 bits per heavy atom. The molecule has 2 aromatic heterocycles. The number of anilines is 1. The van der Waals surface area contributed by atoms with Crippen LogP contribution < -0.4 is 5.32 Å². The lowest BCUT2D eigenvalue weighted by atomic mass is 10.3. The molecule has 0 spiro atoms. The number of pyridine rings is 1. The molecule has 0 bridgehead atoms. The van der Waals surface area contributed by atoms with Crippen LogP contribution in [0.1, 0.15) is 11.4 Å². The van der Waals surface area contributed by atoms with Crippen molar-refractivity contribution in [3.63, 3.8) is 0 Å². The van der Waals surface area contributed by atoms with Gasteiger partial charge in [-0.25, -0.2) is 15.0 Å². The number of nitrogens with one attached hydrogen (secondary N) is 1. The van der Waals surface area contributed by atoms with E-state index in [-0.39, 0.29) is 0 Å². The van der Waals surface area contributed by atoms with Crippen molar-refractivity contribution in [3.05, 3.63) is 35.8 Å². The highest BCUT2D eigenvalue weighted by Gasteiger charge is 2.09. The molecule has 0 unspecified atom stereocenters. The second-order valence-corrected chi connectivity index (χ2v) is 4.58. The van der Waals surface area contributed by atoms with Gasteiger partial charge in [-0.3, -0.25) is 0 Å². The second kappa shape index (κ2) is 5.14. The number of aryl methyl sites for hydroxylation is 1. The van der Waals surface area contributed by atoms with E-state index < -0.39 is 0 Å². The molecule has 5 heteroatoms. The molecule has 1 N–H and O–H groups in total. The molecule has 4 nitrogen and oxygen atoms in total. The van der Waals surface area contributed by atoms with Crippen LogP contribution in [0.2, 0.25) is 0 Å². The lowest BCUT2D eigenvalue weighted by Gasteiger charge is -2.09. The maximum atomic E-state index is 4.45. The number of hydrogen-bond acceptors (Lipinski definition) is 5. The second-order valence-electron chi connectivity index (χ2n) is 3.57. The van der Waals surface area contributed by atoms with E-state index in [4.69, 9.17) is 0 Å². The van der Waals surface area contributed by atoms with Gasteiger partial charge in [0.15, 0.2) is 0 Å². The van der Waals surface area contributed by atoms with Crippen molar-refractivity contribution >= 4 is 17.6 Å². The molecule has 2 rings (SSSR count). The van der Waals surface area contributed by atoms with Crippen LogP contribution in [-0.2, 0) is 0 Å². The Balaban J connectivity index is 2.36. The average Bonchev–Trinajstić information content (AvgIpc) is 2.34. The van der Waals surface area contributed by atoms with Crippen LogP contribution in [0.3, 0.4) is 0 Å². The average molecular weight is 246 g/mol. The third-order valence-electron chi connectivity index (χ3n) is 2.29. The molecule has 0 fully saturated rings. The van der Waals surface area contributed by atoms with Gasteiger partial charge in [-0.05, 0) is 37.7 Å². The zero-order valence-electron chi connectivity index (χ0n) is 10.1. The summed E-state index contributed by atoms with van der Waals surface area (Å²) in [5.74, 6) is 1.63. The van der Waals surface area contributed by atoms with Gasteiger partial charge >= 0.3 is 0 Å². The molecule has 2 heterocycles. The van der Waals surface area contributed by atoms with E-state index in [9.17, 15) is 0 Å². The molecule has 88 valence electrons. The van der Waals surface area contributed by atoms with Crippen molar-refractivity contribution < 1.29 is 0 Å². The SMILES string of the molecule is CNc1nc(C)nc(Sc2ccccn2)c1C. The van der Waals surface area contributed by atoms with Gasteiger partial charge in [-0.1, -0.05) is 6.07 Å². The van der Waals surface area contributed by atoms with Gasteiger partial charge in [-0.2, -0.15) is 0 Å². The fourth-order valence-corrected chi connectivity index (χ4v) is 2.34. The predicted molar refractivity (Wildman–Crippen MR) is 69.4 cm³/mol. The molecule has 0 aliphatic heterocycles. The van der Waals surface area contributed by atoms with Gasteiger partial charge < -0.3 is 5.32 Å². The predicted octanol–water partition coefficient (Wildman–Crippen LogP) is 2.68. The van der Waals surface area contributed by atoms with Crippen LogP contribution in [0.15, 0.2) is 34.4 Å². The van der Waals surface area contributed by atoms with E-state index in [0.717, 1.165) is 27.3 Å². The molecule has 0 aliphatic rings. The Hall–Kier alpha value is -1.62. The van der Waals surface area contributed by atoms with Gasteiger partial charge in [0.1, 0.15) is 21.7 Å². The number of hydrogen-bond donors (Lipinski definition) is 1. The summed E-state index contributed by atoms with van der Waals surface area (Å²) in [6.45, 7) is 3.90. The first-order chi connectivity index (χ1) is 8.20. The van der Waals surface area contributed by atoms with Gasteiger partial charge in [0, 0.05) is 18.8 Å². The largest absolute Gasteiger partial charge is 0.373 e. The highest BCUT2D eigenvalue weighted by atomic mass is 32.2. The minimum Gasteiger partial charge on any atom is -0.373 e. The zero-order valence-corrected chi connectivity index (χ0v) is 10.9. The molecule has 0 saturated carbocycles. The fourth-order valence-electron chi connectivity index (χ4n) is 1.45. The molecule has 17 heavy (non-hydrogen) atoms. The first-order valence-electron chi connectivity index (χ1n) is 5.32. The maximum Gasteiger partial charge on any atom is 0.133 e. The minimum absolute atomic E-state index is 0.762. The fraction of sp³-hybridized carbons (Fsp3) is 0.250. The third kappa shape index (κ3) is 2.74. The van der Waals surface area contributed by atoms with Crippen molar-refractivity contribution in [1.29, 1.82) is 0 Å². The number of nitrogens with zero attached hydrogens (tertiary/aromatic N) is 3. The summed E-state index contributed by atoms with van der Waals surface area (Å²) in [6, 6.07) is 5.85. The summed E-state index contributed by atoms with van der Waals surface area (Å²) in [6.07, 6.45) is 1.78. The molecule has 0 aromatic carbocycles. The van der Waals surface area contributed by atoms with Gasteiger partial charge in [0.2, 0.25) is 0 Å². The van der Waals surface area contributed by atoms with Crippen molar-refractivity contribution in [3.8, 4) is 0 Å². The maximum absolute atomic E-state index is 4.45. The highest BCUT2D eigenvalue weighted by Crippen LogP contribution is 2.29. The Morgan fingerprint density at radius 2 is 2.00 bits per heavy atom. The standard InChI is InChI=1S/C12H14N4S/c1-8-11(13-3)15-9(2)16-12(8)17-10-6-4-5-7-14-10/h4-7H,1-3H3,(H,13,15,16). The summed E-state index contributed by atoms with van der Waals surface area (Å²) < 4.78 is 0. The molecule has 0 saturated heterocycles. The van der Waals surface area contributed by atoms with Crippen LogP contribution in [0.5, 0.6) is 0 Å². The van der Waals surface area contributed by atoms with Crippen LogP contribution in [-0.4, -0.2) is 22.0 Å². The molecule has 0 aliphatic carbocycles. The van der Waals surface area contributed by atoms with Crippen LogP contribution in [0, 0.1) is 13.8 Å². The Labute approximate surface area is 105 Å². The first-order valence-corrected chi connectivity index (χ1v) is 6.14. The Bertz CT molecular complexity index is 513. The highest BCUT2D eigenvalue weighted by molar-refractivity contribution is 7.99. The van der Waals surface area contributed by atoms with Crippen LogP contribution in [0.4, 0.5) is 5.82 Å². The smallest absolute Gasteiger partial charge is 0.133 e. The van der Waals surface area contributed by atoms with Crippen LogP contribution in [0.25, 0.3) is 0 Å². The van der Waals surface area contributed by atoms with E-state index in [1.54, 1.807) is 18.0 Å². The van der Waals surface area contributed by atoms with Crippen molar-refractivity contribution in [1.82, 2.24) is 15.0 Å². The first kappa shape index (κ1) is 11.9. The lowest BCUT2D eigenvalue weighted by molar-refractivity contribution is 0.937. The van der Waals surface area contributed by atoms with E-state index in [1.807, 2.05) is 39.1 Å². The summed E-state index contributed by atoms with van der Waals surface area (Å²) in [5.41, 5.74) is 1.05. The number of aromatic nitrogens is 3. The van der Waals surface area contributed by atoms with Crippen LogP contribution >= 0.6 is 11.8 Å². The van der Waals surface area contributed by atoms with E-state index in [2.05, 4.69) is 20.3 Å². The summed E-state index contributed by atoms with van der Waals surface area (Å²) >= 11 is 1.56. The van der Waals surface area contributed by atoms with Crippen molar-refractivity contribution in [2.45, 2.75) is 23.9 Å². The van der Waals surface area contributed by atoms with E-state index >= 15 is 0 Å². The zero-order chi connectivity index (χ0) is 12.3. The normalized spacial score (nSPS) is 10.3. The van der Waals surface area contributed by atoms with Gasteiger partial charge in [-0.15, -0.1) is 0 Å². The Kier molecular flexibility index (Phi) is 3.58. The summed E-state index contributed by atoms with van der Waals surface area (Å²) in [4.78, 5) is 13.1. The number of rotatable bonds is 3. The topological polar surface area (TPSA) is 50.7 Å². The van der Waals surface area contributed by atoms with Crippen molar-refractivity contribution in [2.24, 2.45) is 0 Å². The molecule has 2 aromatic rings. The van der Waals surface area contributed by atoms with Gasteiger partial charge in [0.05, 0.1) is 0 Å². The third-order valence-corrected chi connectivity index (χ3v) is 3.33. The quantitative estimate of drug-likeness (QED) is 0.844. The molecule has 0 amide bonds. The molecule has 0 atom stereocenters. The monoisotopic (exact) mass is 246 g/mol. The minimum atomic E-state index is 0.762. The lowest BCUT2D eigenvalue weighted by Crippen LogP contribution is -2.02. The summed E-state index contributed by atoms with van der Waals surface area (Å²) in [5, 5.41) is 4.96. The van der Waals surface area contributed by atoms with Gasteiger partial charge in [0.25, 0.3) is 0 Å². The van der Waals surface area contributed by atoms with Crippen molar-refractivity contribution in [2.75, 3.05) is 12.4 Å². The summed E-state index contributed by atoms with van der Waals surface area (Å²) in [7, 11) is 1.87. The van der Waals surface area contributed by atoms with E-state index in [1.165, 1.54) is 0 Å². The van der Waals surface area contributed by atoms with E-state index in [0.29, 0.717) is 0 Å². The molecular formula is C12H14N4S. The molecular weight excluding hydrogens is 232 g/mol. The Morgan fingerprint density at radius 1 is 1.18 bits per heavy atom.